The summed E-state index contributed by atoms with van der Waals surface area (Å²) in [4.78, 5) is 10.7. The van der Waals surface area contributed by atoms with Crippen LogP contribution < -0.4 is 10.6 Å². The van der Waals surface area contributed by atoms with Crippen molar-refractivity contribution in [1.29, 1.82) is 0 Å². The van der Waals surface area contributed by atoms with Crippen LogP contribution >= 0.6 is 0 Å². The lowest BCUT2D eigenvalue weighted by Crippen LogP contribution is -2.19. The van der Waals surface area contributed by atoms with Gasteiger partial charge in [0.25, 0.3) is 0 Å². The Kier molecular flexibility index (Phi) is 3.89. The molecule has 0 aliphatic rings. The second-order valence-electron chi connectivity index (χ2n) is 4.39. The van der Waals surface area contributed by atoms with E-state index >= 15 is 0 Å². The standard InChI is InChI=1S/C14H18N4/c1-11-3-5-12(6-4-11)10-18(2)14-16-8-7-13(9-15)17-14/h3-8H,9-10,15H2,1-2H3. The zero-order valence-corrected chi connectivity index (χ0v) is 10.8. The first kappa shape index (κ1) is 12.5. The predicted molar refractivity (Wildman–Crippen MR) is 73.2 cm³/mol. The predicted octanol–water partition coefficient (Wildman–Crippen LogP) is 1.88. The third kappa shape index (κ3) is 3.05. The zero-order valence-electron chi connectivity index (χ0n) is 10.8. The van der Waals surface area contributed by atoms with Crippen LogP contribution in [0.1, 0.15) is 16.8 Å². The van der Waals surface area contributed by atoms with Crippen LogP contribution in [0.5, 0.6) is 0 Å². The molecule has 0 aliphatic heterocycles. The topological polar surface area (TPSA) is 55.0 Å². The van der Waals surface area contributed by atoms with E-state index in [2.05, 4.69) is 41.2 Å². The molecule has 2 rings (SSSR count). The molecule has 0 saturated heterocycles. The second kappa shape index (κ2) is 5.60. The summed E-state index contributed by atoms with van der Waals surface area (Å²) in [6.45, 7) is 3.31. The number of hydrogen-bond acceptors (Lipinski definition) is 4. The van der Waals surface area contributed by atoms with Crippen molar-refractivity contribution < 1.29 is 0 Å². The Balaban J connectivity index is 2.11. The highest BCUT2D eigenvalue weighted by molar-refractivity contribution is 5.32. The Morgan fingerprint density at radius 3 is 2.56 bits per heavy atom. The molecule has 2 N–H and O–H groups in total. The molecule has 0 radical (unpaired) electrons. The molecule has 0 unspecified atom stereocenters. The van der Waals surface area contributed by atoms with Gasteiger partial charge in [-0.3, -0.25) is 0 Å². The minimum Gasteiger partial charge on any atom is -0.340 e. The Labute approximate surface area is 107 Å². The van der Waals surface area contributed by atoms with E-state index < -0.39 is 0 Å². The largest absolute Gasteiger partial charge is 0.340 e. The molecule has 1 aromatic heterocycles. The molecule has 0 amide bonds. The molecule has 94 valence electrons. The van der Waals surface area contributed by atoms with Gasteiger partial charge < -0.3 is 10.6 Å². The highest BCUT2D eigenvalue weighted by Crippen LogP contribution is 2.11. The van der Waals surface area contributed by atoms with Crippen LogP contribution in [0.3, 0.4) is 0 Å². The van der Waals surface area contributed by atoms with E-state index in [1.165, 1.54) is 11.1 Å². The summed E-state index contributed by atoms with van der Waals surface area (Å²) in [5.41, 5.74) is 8.94. The summed E-state index contributed by atoms with van der Waals surface area (Å²) in [6, 6.07) is 10.3. The van der Waals surface area contributed by atoms with Crippen LogP contribution in [-0.2, 0) is 13.1 Å². The maximum Gasteiger partial charge on any atom is 0.225 e. The first-order chi connectivity index (χ1) is 8.69. The van der Waals surface area contributed by atoms with Crippen molar-refractivity contribution in [2.24, 2.45) is 5.73 Å². The zero-order chi connectivity index (χ0) is 13.0. The maximum absolute atomic E-state index is 5.58. The Morgan fingerprint density at radius 2 is 1.89 bits per heavy atom. The molecule has 0 atom stereocenters. The quantitative estimate of drug-likeness (QED) is 0.889. The number of aryl methyl sites for hydroxylation is 1. The maximum atomic E-state index is 5.58. The van der Waals surface area contributed by atoms with Crippen LogP contribution in [0.15, 0.2) is 36.5 Å². The summed E-state index contributed by atoms with van der Waals surface area (Å²) >= 11 is 0. The molecule has 1 heterocycles. The van der Waals surface area contributed by atoms with E-state index in [-0.39, 0.29) is 0 Å². The Morgan fingerprint density at radius 1 is 1.17 bits per heavy atom. The van der Waals surface area contributed by atoms with E-state index in [1.54, 1.807) is 6.20 Å². The van der Waals surface area contributed by atoms with Crippen molar-refractivity contribution in [3.05, 3.63) is 53.3 Å². The average Bonchev–Trinajstić information content (AvgIpc) is 2.41. The van der Waals surface area contributed by atoms with Crippen molar-refractivity contribution in [3.8, 4) is 0 Å². The van der Waals surface area contributed by atoms with Gasteiger partial charge in [0.1, 0.15) is 0 Å². The summed E-state index contributed by atoms with van der Waals surface area (Å²) in [7, 11) is 1.98. The number of anilines is 1. The van der Waals surface area contributed by atoms with Crippen LogP contribution in [0.25, 0.3) is 0 Å². The van der Waals surface area contributed by atoms with Gasteiger partial charge in [-0.15, -0.1) is 0 Å². The number of nitrogens with zero attached hydrogens (tertiary/aromatic N) is 3. The van der Waals surface area contributed by atoms with Gasteiger partial charge in [-0.05, 0) is 18.6 Å². The van der Waals surface area contributed by atoms with Gasteiger partial charge >= 0.3 is 0 Å². The Hall–Kier alpha value is -1.94. The molecule has 0 spiro atoms. The molecule has 4 nitrogen and oxygen atoms in total. The van der Waals surface area contributed by atoms with Gasteiger partial charge in [-0.25, -0.2) is 9.97 Å². The molecular weight excluding hydrogens is 224 g/mol. The van der Waals surface area contributed by atoms with Crippen LogP contribution in [-0.4, -0.2) is 17.0 Å². The van der Waals surface area contributed by atoms with Crippen molar-refractivity contribution in [2.45, 2.75) is 20.0 Å². The van der Waals surface area contributed by atoms with E-state index in [0.29, 0.717) is 12.5 Å². The van der Waals surface area contributed by atoms with Gasteiger partial charge in [-0.1, -0.05) is 29.8 Å². The fourth-order valence-electron chi connectivity index (χ4n) is 1.72. The minimum absolute atomic E-state index is 0.438. The number of hydrogen-bond donors (Lipinski definition) is 1. The van der Waals surface area contributed by atoms with Gasteiger partial charge in [0.05, 0.1) is 5.69 Å². The number of aromatic nitrogens is 2. The smallest absolute Gasteiger partial charge is 0.225 e. The van der Waals surface area contributed by atoms with E-state index in [4.69, 9.17) is 5.73 Å². The lowest BCUT2D eigenvalue weighted by Gasteiger charge is -2.17. The third-order valence-electron chi connectivity index (χ3n) is 2.79. The molecule has 1 aromatic carbocycles. The number of benzene rings is 1. The van der Waals surface area contributed by atoms with Gasteiger partial charge in [0.15, 0.2) is 0 Å². The van der Waals surface area contributed by atoms with Crippen LogP contribution in [0, 0.1) is 6.92 Å². The average molecular weight is 242 g/mol. The highest BCUT2D eigenvalue weighted by atomic mass is 15.2. The van der Waals surface area contributed by atoms with Crippen molar-refractivity contribution in [3.63, 3.8) is 0 Å². The fourth-order valence-corrected chi connectivity index (χ4v) is 1.72. The molecule has 0 bridgehead atoms. The summed E-state index contributed by atoms with van der Waals surface area (Å²) < 4.78 is 0. The molecular formula is C14H18N4. The number of nitrogens with two attached hydrogens (primary N) is 1. The molecule has 0 aliphatic carbocycles. The highest BCUT2D eigenvalue weighted by Gasteiger charge is 2.05. The van der Waals surface area contributed by atoms with Crippen LogP contribution in [0.2, 0.25) is 0 Å². The summed E-state index contributed by atoms with van der Waals surface area (Å²) in [5, 5.41) is 0. The molecule has 2 aromatic rings. The van der Waals surface area contributed by atoms with Crippen molar-refractivity contribution in [2.75, 3.05) is 11.9 Å². The SMILES string of the molecule is Cc1ccc(CN(C)c2nccc(CN)n2)cc1. The van der Waals surface area contributed by atoms with Gasteiger partial charge in [0.2, 0.25) is 5.95 Å². The van der Waals surface area contributed by atoms with E-state index in [1.807, 2.05) is 18.0 Å². The second-order valence-corrected chi connectivity index (χ2v) is 4.39. The normalized spacial score (nSPS) is 10.4. The third-order valence-corrected chi connectivity index (χ3v) is 2.79. The molecule has 0 saturated carbocycles. The first-order valence-corrected chi connectivity index (χ1v) is 5.97. The van der Waals surface area contributed by atoms with Crippen molar-refractivity contribution >= 4 is 5.95 Å². The van der Waals surface area contributed by atoms with Crippen molar-refractivity contribution in [1.82, 2.24) is 9.97 Å². The molecule has 18 heavy (non-hydrogen) atoms. The number of rotatable bonds is 4. The summed E-state index contributed by atoms with van der Waals surface area (Å²) in [5.74, 6) is 0.707. The summed E-state index contributed by atoms with van der Waals surface area (Å²) in [6.07, 6.45) is 1.75. The Bertz CT molecular complexity index is 507. The monoisotopic (exact) mass is 242 g/mol. The van der Waals surface area contributed by atoms with Crippen LogP contribution in [0.4, 0.5) is 5.95 Å². The van der Waals surface area contributed by atoms with E-state index in [9.17, 15) is 0 Å². The van der Waals surface area contributed by atoms with E-state index in [0.717, 1.165) is 12.2 Å². The lowest BCUT2D eigenvalue weighted by atomic mass is 10.1. The molecule has 0 fully saturated rings. The lowest BCUT2D eigenvalue weighted by molar-refractivity contribution is 0.845. The van der Waals surface area contributed by atoms with Gasteiger partial charge in [0, 0.05) is 26.3 Å². The first-order valence-electron chi connectivity index (χ1n) is 5.97. The molecule has 4 heteroatoms. The van der Waals surface area contributed by atoms with Gasteiger partial charge in [-0.2, -0.15) is 0 Å². The minimum atomic E-state index is 0.438. The fraction of sp³-hybridized carbons (Fsp3) is 0.286.